The highest BCUT2D eigenvalue weighted by atomic mass is 28.4. The Morgan fingerprint density at radius 3 is 2.04 bits per heavy atom. The molecular formula is C17H24F3NO4Si. The van der Waals surface area contributed by atoms with Gasteiger partial charge in [0.05, 0.1) is 11.7 Å². The summed E-state index contributed by atoms with van der Waals surface area (Å²) >= 11 is 0. The van der Waals surface area contributed by atoms with Crippen molar-refractivity contribution in [2.24, 2.45) is 0 Å². The Hall–Kier alpha value is -1.87. The van der Waals surface area contributed by atoms with Crippen LogP contribution in [0.15, 0.2) is 24.3 Å². The van der Waals surface area contributed by atoms with E-state index in [-0.39, 0.29) is 5.04 Å². The Bertz CT molecular complexity index is 639. The molecule has 0 saturated heterocycles. The van der Waals surface area contributed by atoms with Crippen molar-refractivity contribution in [1.29, 1.82) is 0 Å². The molecule has 0 aliphatic carbocycles. The van der Waals surface area contributed by atoms with E-state index in [1.165, 1.54) is 12.1 Å². The van der Waals surface area contributed by atoms with Crippen molar-refractivity contribution in [3.05, 3.63) is 35.4 Å². The first-order valence-corrected chi connectivity index (χ1v) is 10.9. The molecule has 0 radical (unpaired) electrons. The molecule has 0 bridgehead atoms. The molecule has 146 valence electrons. The minimum Gasteiger partial charge on any atom is -0.465 e. The monoisotopic (exact) mass is 391 g/mol. The van der Waals surface area contributed by atoms with Crippen molar-refractivity contribution < 1.29 is 32.3 Å². The number of hydrogen-bond acceptors (Lipinski definition) is 3. The number of aldehydes is 1. The minimum absolute atomic E-state index is 0.242. The van der Waals surface area contributed by atoms with Gasteiger partial charge in [0.2, 0.25) is 0 Å². The van der Waals surface area contributed by atoms with Gasteiger partial charge in [-0.2, -0.15) is 13.2 Å². The van der Waals surface area contributed by atoms with E-state index in [2.05, 4.69) is 5.32 Å². The summed E-state index contributed by atoms with van der Waals surface area (Å²) in [6.45, 7) is 9.70. The van der Waals surface area contributed by atoms with Crippen molar-refractivity contribution in [3.8, 4) is 0 Å². The molecule has 1 aromatic carbocycles. The zero-order chi connectivity index (χ0) is 20.3. The van der Waals surface area contributed by atoms with Crippen molar-refractivity contribution in [2.45, 2.75) is 57.2 Å². The van der Waals surface area contributed by atoms with Crippen molar-refractivity contribution in [3.63, 3.8) is 0 Å². The fraction of sp³-hybridized carbons (Fsp3) is 0.529. The summed E-state index contributed by atoms with van der Waals surface area (Å²) in [5.74, 6) is 0. The quantitative estimate of drug-likeness (QED) is 0.549. The Labute approximate surface area is 151 Å². The lowest BCUT2D eigenvalue weighted by Crippen LogP contribution is -2.48. The largest absolute Gasteiger partial charge is 0.465 e. The van der Waals surface area contributed by atoms with Crippen LogP contribution in [0.1, 0.15) is 38.0 Å². The molecule has 0 spiro atoms. The van der Waals surface area contributed by atoms with Crippen molar-refractivity contribution >= 4 is 20.7 Å². The Morgan fingerprint density at radius 2 is 1.69 bits per heavy atom. The topological polar surface area (TPSA) is 75.6 Å². The van der Waals surface area contributed by atoms with Crippen LogP contribution in [0.3, 0.4) is 0 Å². The van der Waals surface area contributed by atoms with Crippen LogP contribution >= 0.6 is 0 Å². The third kappa shape index (κ3) is 5.57. The molecule has 0 aliphatic rings. The molecule has 1 amide bonds. The van der Waals surface area contributed by atoms with Gasteiger partial charge in [0.25, 0.3) is 0 Å². The number of carbonyl (C=O) groups is 2. The Kier molecular flexibility index (Phi) is 6.64. The third-order valence-corrected chi connectivity index (χ3v) is 9.01. The number of carboxylic acid groups (broad SMARTS) is 1. The number of nitrogens with one attached hydrogen (secondary N) is 1. The van der Waals surface area contributed by atoms with E-state index >= 15 is 0 Å². The first-order valence-electron chi connectivity index (χ1n) is 7.99. The van der Waals surface area contributed by atoms with Gasteiger partial charge < -0.3 is 19.6 Å². The van der Waals surface area contributed by atoms with Gasteiger partial charge in [-0.3, -0.25) is 0 Å². The van der Waals surface area contributed by atoms with Crippen LogP contribution in [0.2, 0.25) is 18.1 Å². The summed E-state index contributed by atoms with van der Waals surface area (Å²) in [5, 5.41) is 10.8. The average molecular weight is 391 g/mol. The van der Waals surface area contributed by atoms with Crippen LogP contribution in [-0.2, 0) is 15.4 Å². The summed E-state index contributed by atoms with van der Waals surface area (Å²) in [4.78, 5) is 22.4. The smallest absolute Gasteiger partial charge is 0.416 e. The molecule has 0 aromatic heterocycles. The van der Waals surface area contributed by atoms with E-state index in [4.69, 9.17) is 9.53 Å². The van der Waals surface area contributed by atoms with E-state index in [0.717, 1.165) is 12.1 Å². The Balaban J connectivity index is 3.31. The third-order valence-electron chi connectivity index (χ3n) is 4.56. The lowest BCUT2D eigenvalue weighted by atomic mass is 10.0. The molecule has 5 nitrogen and oxygen atoms in total. The van der Waals surface area contributed by atoms with Gasteiger partial charge in [-0.25, -0.2) is 4.79 Å². The molecule has 0 unspecified atom stereocenters. The summed E-state index contributed by atoms with van der Waals surface area (Å²) < 4.78 is 44.5. The van der Waals surface area contributed by atoms with Crippen molar-refractivity contribution in [2.75, 3.05) is 0 Å². The summed E-state index contributed by atoms with van der Waals surface area (Å²) in [7, 11) is -2.45. The van der Waals surface area contributed by atoms with Gasteiger partial charge in [0, 0.05) is 0 Å². The first kappa shape index (κ1) is 22.2. The van der Waals surface area contributed by atoms with Crippen LogP contribution in [0.4, 0.5) is 18.0 Å². The molecule has 0 aliphatic heterocycles. The van der Waals surface area contributed by atoms with E-state index in [0.29, 0.717) is 11.8 Å². The number of rotatable bonds is 6. The average Bonchev–Trinajstić information content (AvgIpc) is 2.48. The number of benzene rings is 1. The highest BCUT2D eigenvalue weighted by Crippen LogP contribution is 2.40. The molecule has 1 rings (SSSR count). The Morgan fingerprint density at radius 1 is 1.19 bits per heavy atom. The maximum Gasteiger partial charge on any atom is 0.416 e. The summed E-state index contributed by atoms with van der Waals surface area (Å²) in [6, 6.07) is 2.96. The lowest BCUT2D eigenvalue weighted by molar-refractivity contribution is -0.137. The van der Waals surface area contributed by atoms with E-state index < -0.39 is 38.3 Å². The van der Waals surface area contributed by atoms with Crippen LogP contribution in [-0.4, -0.2) is 31.8 Å². The second kappa shape index (κ2) is 7.79. The molecule has 0 heterocycles. The fourth-order valence-electron chi connectivity index (χ4n) is 2.03. The zero-order valence-corrected chi connectivity index (χ0v) is 16.3. The molecule has 26 heavy (non-hydrogen) atoms. The standard InChI is InChI=1S/C17H24F3NO4Si/c1-16(2,3)26(4,5)25-14(13(10-22)21-15(23)24)11-6-8-12(9-7-11)17(18,19)20/h6-10,13-14,21H,1-5H3,(H,23,24)/t13-,14-/m1/s1. The van der Waals surface area contributed by atoms with Crippen LogP contribution in [0, 0.1) is 0 Å². The predicted octanol–water partition coefficient (Wildman–Crippen LogP) is 4.60. The maximum absolute atomic E-state index is 12.8. The zero-order valence-electron chi connectivity index (χ0n) is 15.3. The number of alkyl halides is 3. The van der Waals surface area contributed by atoms with E-state index in [1.807, 2.05) is 33.9 Å². The van der Waals surface area contributed by atoms with Gasteiger partial charge in [0.1, 0.15) is 12.3 Å². The number of halogens is 3. The number of amides is 1. The molecule has 9 heteroatoms. The molecule has 2 atom stereocenters. The fourth-order valence-corrected chi connectivity index (χ4v) is 3.30. The highest BCUT2D eigenvalue weighted by Gasteiger charge is 2.42. The van der Waals surface area contributed by atoms with Gasteiger partial charge in [0.15, 0.2) is 8.32 Å². The molecule has 0 fully saturated rings. The molecule has 0 saturated carbocycles. The summed E-state index contributed by atoms with van der Waals surface area (Å²) in [6.07, 6.45) is -6.54. The SMILES string of the molecule is CC(C)(C)[Si](C)(C)O[C@H](c1ccc(C(F)(F)F)cc1)[C@@H](C=O)NC(=O)O. The number of hydrogen-bond donors (Lipinski definition) is 2. The molecular weight excluding hydrogens is 367 g/mol. The molecule has 1 aromatic rings. The maximum atomic E-state index is 12.8. The second-order valence-electron chi connectivity index (χ2n) is 7.53. The van der Waals surface area contributed by atoms with Gasteiger partial charge >= 0.3 is 12.3 Å². The first-order chi connectivity index (χ1) is 11.7. The van der Waals surface area contributed by atoms with Crippen molar-refractivity contribution in [1.82, 2.24) is 5.32 Å². The van der Waals surface area contributed by atoms with Gasteiger partial charge in [-0.15, -0.1) is 0 Å². The predicted molar refractivity (Wildman–Crippen MR) is 93.5 cm³/mol. The van der Waals surface area contributed by atoms with Crippen LogP contribution < -0.4 is 5.32 Å². The highest BCUT2D eigenvalue weighted by molar-refractivity contribution is 6.74. The summed E-state index contributed by atoms with van der Waals surface area (Å²) in [5.41, 5.74) is -0.533. The van der Waals surface area contributed by atoms with E-state index in [9.17, 15) is 22.8 Å². The minimum atomic E-state index is -4.49. The number of carbonyl (C=O) groups excluding carboxylic acids is 1. The normalized spacial score (nSPS) is 15.2. The van der Waals surface area contributed by atoms with Crippen LogP contribution in [0.25, 0.3) is 0 Å². The molecule has 2 N–H and O–H groups in total. The second-order valence-corrected chi connectivity index (χ2v) is 12.3. The van der Waals surface area contributed by atoms with Crippen LogP contribution in [0.5, 0.6) is 0 Å². The van der Waals surface area contributed by atoms with E-state index in [1.54, 1.807) is 0 Å². The van der Waals surface area contributed by atoms with Gasteiger partial charge in [-0.1, -0.05) is 32.9 Å². The lowest BCUT2D eigenvalue weighted by Gasteiger charge is -2.40. The van der Waals surface area contributed by atoms with Gasteiger partial charge in [-0.05, 0) is 35.8 Å².